The van der Waals surface area contributed by atoms with Gasteiger partial charge in [0.15, 0.2) is 0 Å². The highest BCUT2D eigenvalue weighted by Gasteiger charge is 2.17. The van der Waals surface area contributed by atoms with Gasteiger partial charge in [0.2, 0.25) is 0 Å². The molecule has 0 saturated heterocycles. The third-order valence-corrected chi connectivity index (χ3v) is 3.15. The third kappa shape index (κ3) is 4.74. The minimum Gasteiger partial charge on any atom is -0.313 e. The largest absolute Gasteiger partial charge is 0.313 e. The first-order valence-corrected chi connectivity index (χ1v) is 6.57. The SMILES string of the molecule is C=C(C)CC(NCCC)C(C)c1ccccc1. The number of hydrogen-bond donors (Lipinski definition) is 1. The van der Waals surface area contributed by atoms with Crippen molar-refractivity contribution in [3.63, 3.8) is 0 Å². The maximum Gasteiger partial charge on any atom is 0.0170 e. The molecule has 0 aromatic heterocycles. The van der Waals surface area contributed by atoms with E-state index >= 15 is 0 Å². The van der Waals surface area contributed by atoms with E-state index < -0.39 is 0 Å². The van der Waals surface area contributed by atoms with Gasteiger partial charge in [-0.05, 0) is 37.8 Å². The fourth-order valence-corrected chi connectivity index (χ4v) is 2.12. The molecular weight excluding hydrogens is 206 g/mol. The van der Waals surface area contributed by atoms with Gasteiger partial charge in [-0.1, -0.05) is 49.8 Å². The fraction of sp³-hybridized carbons (Fsp3) is 0.500. The number of rotatable bonds is 7. The van der Waals surface area contributed by atoms with Crippen molar-refractivity contribution >= 4 is 0 Å². The monoisotopic (exact) mass is 231 g/mol. The van der Waals surface area contributed by atoms with Crippen LogP contribution in [0.1, 0.15) is 45.1 Å². The van der Waals surface area contributed by atoms with Gasteiger partial charge in [0, 0.05) is 6.04 Å². The Labute approximate surface area is 106 Å². The lowest BCUT2D eigenvalue weighted by Crippen LogP contribution is -2.34. The molecule has 0 fully saturated rings. The summed E-state index contributed by atoms with van der Waals surface area (Å²) in [5.74, 6) is 0.527. The zero-order valence-corrected chi connectivity index (χ0v) is 11.4. The van der Waals surface area contributed by atoms with E-state index in [4.69, 9.17) is 0 Å². The van der Waals surface area contributed by atoms with Crippen molar-refractivity contribution in [1.29, 1.82) is 0 Å². The van der Waals surface area contributed by atoms with Crippen molar-refractivity contribution in [2.45, 2.75) is 45.6 Å². The Kier molecular flexibility index (Phi) is 5.99. The molecule has 0 spiro atoms. The van der Waals surface area contributed by atoms with Crippen LogP contribution in [0, 0.1) is 0 Å². The molecule has 0 radical (unpaired) electrons. The van der Waals surface area contributed by atoms with Gasteiger partial charge in [0.05, 0.1) is 0 Å². The van der Waals surface area contributed by atoms with E-state index in [1.54, 1.807) is 0 Å². The van der Waals surface area contributed by atoms with E-state index in [-0.39, 0.29) is 0 Å². The summed E-state index contributed by atoms with van der Waals surface area (Å²) in [5, 5.41) is 3.64. The Bertz CT molecular complexity index is 329. The van der Waals surface area contributed by atoms with Crippen LogP contribution in [0.5, 0.6) is 0 Å². The van der Waals surface area contributed by atoms with Crippen molar-refractivity contribution in [3.8, 4) is 0 Å². The summed E-state index contributed by atoms with van der Waals surface area (Å²) in [4.78, 5) is 0. The van der Waals surface area contributed by atoms with Crippen molar-refractivity contribution in [3.05, 3.63) is 48.0 Å². The van der Waals surface area contributed by atoms with Crippen LogP contribution in [-0.2, 0) is 0 Å². The van der Waals surface area contributed by atoms with Crippen LogP contribution in [-0.4, -0.2) is 12.6 Å². The molecule has 1 nitrogen and oxygen atoms in total. The molecule has 17 heavy (non-hydrogen) atoms. The molecule has 1 rings (SSSR count). The first kappa shape index (κ1) is 14.0. The third-order valence-electron chi connectivity index (χ3n) is 3.15. The van der Waals surface area contributed by atoms with Gasteiger partial charge in [0.1, 0.15) is 0 Å². The summed E-state index contributed by atoms with van der Waals surface area (Å²) >= 11 is 0. The second-order valence-corrected chi connectivity index (χ2v) is 4.92. The molecular formula is C16H25N. The average molecular weight is 231 g/mol. The summed E-state index contributed by atoms with van der Waals surface area (Å²) in [6.45, 7) is 11.7. The average Bonchev–Trinajstić information content (AvgIpc) is 2.34. The lowest BCUT2D eigenvalue weighted by Gasteiger charge is -2.26. The van der Waals surface area contributed by atoms with Crippen molar-refractivity contribution in [1.82, 2.24) is 5.32 Å². The topological polar surface area (TPSA) is 12.0 Å². The van der Waals surface area contributed by atoms with Gasteiger partial charge in [-0.2, -0.15) is 0 Å². The Morgan fingerprint density at radius 3 is 2.47 bits per heavy atom. The molecule has 1 heteroatoms. The first-order chi connectivity index (χ1) is 8.15. The van der Waals surface area contributed by atoms with Crippen LogP contribution in [0.15, 0.2) is 42.5 Å². The number of nitrogens with one attached hydrogen (secondary N) is 1. The lowest BCUT2D eigenvalue weighted by atomic mass is 9.89. The lowest BCUT2D eigenvalue weighted by molar-refractivity contribution is 0.446. The zero-order valence-electron chi connectivity index (χ0n) is 11.4. The van der Waals surface area contributed by atoms with Gasteiger partial charge in [-0.3, -0.25) is 0 Å². The fourth-order valence-electron chi connectivity index (χ4n) is 2.12. The molecule has 0 aliphatic heterocycles. The summed E-state index contributed by atoms with van der Waals surface area (Å²) < 4.78 is 0. The standard InChI is InChI=1S/C16H25N/c1-5-11-17-16(12-13(2)3)14(4)15-9-7-6-8-10-15/h6-10,14,16-17H,2,5,11-12H2,1,3-4H3. The minimum atomic E-state index is 0.495. The predicted molar refractivity (Wildman–Crippen MR) is 76.4 cm³/mol. The number of hydrogen-bond acceptors (Lipinski definition) is 1. The Hall–Kier alpha value is -1.08. The highest BCUT2D eigenvalue weighted by atomic mass is 14.9. The highest BCUT2D eigenvalue weighted by Crippen LogP contribution is 2.22. The maximum atomic E-state index is 4.04. The molecule has 1 N–H and O–H groups in total. The van der Waals surface area contributed by atoms with Gasteiger partial charge in [-0.25, -0.2) is 0 Å². The molecule has 0 aliphatic rings. The molecule has 0 heterocycles. The van der Waals surface area contributed by atoms with Crippen molar-refractivity contribution in [2.75, 3.05) is 6.54 Å². The van der Waals surface area contributed by atoms with Gasteiger partial charge < -0.3 is 5.32 Å². The maximum absolute atomic E-state index is 4.04. The molecule has 0 bridgehead atoms. The van der Waals surface area contributed by atoms with Crippen LogP contribution in [0.25, 0.3) is 0 Å². The molecule has 0 aliphatic carbocycles. The molecule has 94 valence electrons. The second kappa shape index (κ2) is 7.29. The van der Waals surface area contributed by atoms with Gasteiger partial charge >= 0.3 is 0 Å². The van der Waals surface area contributed by atoms with Crippen LogP contribution in [0.4, 0.5) is 0 Å². The summed E-state index contributed by atoms with van der Waals surface area (Å²) in [6, 6.07) is 11.2. The normalized spacial score (nSPS) is 14.3. The Balaban J connectivity index is 2.71. The molecule has 0 amide bonds. The Morgan fingerprint density at radius 2 is 1.94 bits per heavy atom. The Morgan fingerprint density at radius 1 is 1.29 bits per heavy atom. The molecule has 0 saturated carbocycles. The first-order valence-electron chi connectivity index (χ1n) is 6.57. The molecule has 1 aromatic rings. The van der Waals surface area contributed by atoms with Crippen molar-refractivity contribution < 1.29 is 0 Å². The molecule has 2 unspecified atom stereocenters. The van der Waals surface area contributed by atoms with Gasteiger partial charge in [-0.15, -0.1) is 6.58 Å². The number of benzene rings is 1. The van der Waals surface area contributed by atoms with Crippen molar-refractivity contribution in [2.24, 2.45) is 0 Å². The van der Waals surface area contributed by atoms with E-state index in [0.29, 0.717) is 12.0 Å². The summed E-state index contributed by atoms with van der Waals surface area (Å²) in [7, 11) is 0. The zero-order chi connectivity index (χ0) is 12.7. The van der Waals surface area contributed by atoms with Crippen LogP contribution in [0.3, 0.4) is 0 Å². The van der Waals surface area contributed by atoms with E-state index in [9.17, 15) is 0 Å². The summed E-state index contributed by atoms with van der Waals surface area (Å²) in [5.41, 5.74) is 2.66. The highest BCUT2D eigenvalue weighted by molar-refractivity contribution is 5.21. The van der Waals surface area contributed by atoms with E-state index in [0.717, 1.165) is 13.0 Å². The van der Waals surface area contributed by atoms with E-state index in [1.165, 1.54) is 17.6 Å². The van der Waals surface area contributed by atoms with Gasteiger partial charge in [0.25, 0.3) is 0 Å². The second-order valence-electron chi connectivity index (χ2n) is 4.92. The molecule has 2 atom stereocenters. The predicted octanol–water partition coefficient (Wildman–Crippen LogP) is 4.12. The van der Waals surface area contributed by atoms with Crippen LogP contribution < -0.4 is 5.32 Å². The summed E-state index contributed by atoms with van der Waals surface area (Å²) in [6.07, 6.45) is 2.23. The minimum absolute atomic E-state index is 0.495. The van der Waals surface area contributed by atoms with Crippen LogP contribution in [0.2, 0.25) is 0 Å². The van der Waals surface area contributed by atoms with E-state index in [2.05, 4.69) is 63.0 Å². The van der Waals surface area contributed by atoms with E-state index in [1.807, 2.05) is 0 Å². The quantitative estimate of drug-likeness (QED) is 0.696. The van der Waals surface area contributed by atoms with Crippen LogP contribution >= 0.6 is 0 Å². The molecule has 1 aromatic carbocycles. The smallest absolute Gasteiger partial charge is 0.0170 e.